The molecule has 0 aromatic carbocycles. The zero-order valence-corrected chi connectivity index (χ0v) is 10.1. The zero-order valence-electron chi connectivity index (χ0n) is 9.37. The van der Waals surface area contributed by atoms with Crippen LogP contribution in [-0.2, 0) is 5.92 Å². The number of hydrogen-bond acceptors (Lipinski definition) is 3. The van der Waals surface area contributed by atoms with E-state index in [0.29, 0.717) is 6.07 Å². The second-order valence-corrected chi connectivity index (χ2v) is 4.03. The molecule has 0 spiro atoms. The van der Waals surface area contributed by atoms with Crippen LogP contribution in [0.1, 0.15) is 25.3 Å². The highest BCUT2D eigenvalue weighted by Gasteiger charge is 2.44. The number of nitro groups is 1. The van der Waals surface area contributed by atoms with Crippen molar-refractivity contribution < 1.29 is 18.1 Å². The summed E-state index contributed by atoms with van der Waals surface area (Å²) < 4.78 is 40.8. The van der Waals surface area contributed by atoms with Gasteiger partial charge in [-0.1, -0.05) is 24.9 Å². The van der Waals surface area contributed by atoms with Crippen molar-refractivity contribution in [1.82, 2.24) is 4.98 Å². The molecule has 0 radical (unpaired) electrons. The standard InChI is InChI=1S/C10H10ClF3N2O2/c1-2-3-8(12)10(13,14)7-4-6(16(17)18)5-15-9(7)11/h4-5,8H,2-3H2,1H3. The fourth-order valence-corrected chi connectivity index (χ4v) is 1.60. The van der Waals surface area contributed by atoms with Gasteiger partial charge in [-0.25, -0.2) is 9.37 Å². The predicted octanol–water partition coefficient (Wildman–Crippen LogP) is 3.87. The van der Waals surface area contributed by atoms with Crippen molar-refractivity contribution in [3.8, 4) is 0 Å². The van der Waals surface area contributed by atoms with E-state index in [9.17, 15) is 23.3 Å². The smallest absolute Gasteiger partial charge is 0.258 e. The van der Waals surface area contributed by atoms with Crippen molar-refractivity contribution in [3.63, 3.8) is 0 Å². The molecule has 1 rings (SSSR count). The van der Waals surface area contributed by atoms with Crippen molar-refractivity contribution in [2.24, 2.45) is 0 Å². The van der Waals surface area contributed by atoms with Crippen LogP contribution in [0.4, 0.5) is 18.9 Å². The summed E-state index contributed by atoms with van der Waals surface area (Å²) in [6.07, 6.45) is -1.86. The largest absolute Gasteiger partial charge is 0.306 e. The van der Waals surface area contributed by atoms with E-state index in [0.717, 1.165) is 6.20 Å². The molecule has 1 heterocycles. The average Bonchev–Trinajstić information content (AvgIpc) is 2.29. The summed E-state index contributed by atoms with van der Waals surface area (Å²) in [6, 6.07) is 0.553. The van der Waals surface area contributed by atoms with Crippen LogP contribution in [-0.4, -0.2) is 16.1 Å². The van der Waals surface area contributed by atoms with Gasteiger partial charge in [0.05, 0.1) is 10.5 Å². The molecular formula is C10H10ClF3N2O2. The van der Waals surface area contributed by atoms with Gasteiger partial charge in [0.25, 0.3) is 5.69 Å². The Kier molecular flexibility index (Phi) is 4.50. The number of hydrogen-bond donors (Lipinski definition) is 0. The van der Waals surface area contributed by atoms with Crippen LogP contribution in [0.15, 0.2) is 12.3 Å². The minimum Gasteiger partial charge on any atom is -0.258 e. The summed E-state index contributed by atoms with van der Waals surface area (Å²) >= 11 is 5.45. The third kappa shape index (κ3) is 2.90. The Bertz CT molecular complexity index is 457. The van der Waals surface area contributed by atoms with Crippen LogP contribution in [0.2, 0.25) is 5.15 Å². The Hall–Kier alpha value is -1.37. The number of rotatable bonds is 5. The van der Waals surface area contributed by atoms with Gasteiger partial charge in [0, 0.05) is 6.07 Å². The highest BCUT2D eigenvalue weighted by Crippen LogP contribution is 2.39. The molecule has 0 aliphatic carbocycles. The lowest BCUT2D eigenvalue weighted by molar-refractivity contribution is -0.385. The van der Waals surface area contributed by atoms with E-state index < -0.39 is 33.4 Å². The van der Waals surface area contributed by atoms with E-state index in [2.05, 4.69) is 4.98 Å². The maximum absolute atomic E-state index is 13.7. The molecule has 0 saturated carbocycles. The van der Waals surface area contributed by atoms with Crippen LogP contribution >= 0.6 is 11.6 Å². The van der Waals surface area contributed by atoms with Crippen LogP contribution in [0.5, 0.6) is 0 Å². The van der Waals surface area contributed by atoms with Gasteiger partial charge in [0.15, 0.2) is 6.17 Å². The monoisotopic (exact) mass is 282 g/mol. The van der Waals surface area contributed by atoms with Crippen LogP contribution < -0.4 is 0 Å². The summed E-state index contributed by atoms with van der Waals surface area (Å²) in [6.45, 7) is 1.55. The first kappa shape index (κ1) is 14.7. The third-order valence-corrected chi connectivity index (χ3v) is 2.63. The minimum absolute atomic E-state index is 0.219. The molecule has 1 aromatic rings. The lowest BCUT2D eigenvalue weighted by Gasteiger charge is -2.21. The normalized spacial score (nSPS) is 13.4. The summed E-state index contributed by atoms with van der Waals surface area (Å²) in [4.78, 5) is 12.9. The first-order chi connectivity index (χ1) is 8.30. The highest BCUT2D eigenvalue weighted by molar-refractivity contribution is 6.30. The second kappa shape index (κ2) is 5.51. The molecule has 0 fully saturated rings. The van der Waals surface area contributed by atoms with Gasteiger partial charge < -0.3 is 0 Å². The molecule has 0 bridgehead atoms. The number of alkyl halides is 3. The number of halogens is 4. The van der Waals surface area contributed by atoms with E-state index in [4.69, 9.17) is 11.6 Å². The summed E-state index contributed by atoms with van der Waals surface area (Å²) in [5, 5.41) is 9.84. The molecule has 0 saturated heterocycles. The predicted molar refractivity (Wildman–Crippen MR) is 59.6 cm³/mol. The summed E-state index contributed by atoms with van der Waals surface area (Å²) in [5.74, 6) is -3.90. The maximum atomic E-state index is 13.7. The van der Waals surface area contributed by atoms with Gasteiger partial charge in [-0.3, -0.25) is 10.1 Å². The molecule has 0 aliphatic rings. The molecule has 1 unspecified atom stereocenters. The van der Waals surface area contributed by atoms with E-state index in [1.807, 2.05) is 0 Å². The van der Waals surface area contributed by atoms with Gasteiger partial charge in [0.1, 0.15) is 11.3 Å². The maximum Gasteiger partial charge on any atom is 0.306 e. The zero-order chi connectivity index (χ0) is 13.9. The fraction of sp³-hybridized carbons (Fsp3) is 0.500. The van der Waals surface area contributed by atoms with E-state index in [-0.39, 0.29) is 12.8 Å². The fourth-order valence-electron chi connectivity index (χ4n) is 1.37. The first-order valence-electron chi connectivity index (χ1n) is 5.13. The highest BCUT2D eigenvalue weighted by atomic mass is 35.5. The number of pyridine rings is 1. The molecule has 8 heteroatoms. The van der Waals surface area contributed by atoms with Crippen molar-refractivity contribution in [1.29, 1.82) is 0 Å². The topological polar surface area (TPSA) is 56.0 Å². The van der Waals surface area contributed by atoms with Crippen LogP contribution in [0.25, 0.3) is 0 Å². The molecule has 0 N–H and O–H groups in total. The Labute approximate surface area is 106 Å². The summed E-state index contributed by atoms with van der Waals surface area (Å²) in [5.41, 5.74) is -1.61. The van der Waals surface area contributed by atoms with E-state index in [1.54, 1.807) is 6.92 Å². The quantitative estimate of drug-likeness (QED) is 0.468. The molecule has 1 atom stereocenters. The Morgan fingerprint density at radius 1 is 1.61 bits per heavy atom. The van der Waals surface area contributed by atoms with Gasteiger partial charge in [-0.05, 0) is 6.42 Å². The average molecular weight is 283 g/mol. The molecule has 0 amide bonds. The number of nitrogens with zero attached hydrogens (tertiary/aromatic N) is 2. The Balaban J connectivity index is 3.21. The molecule has 100 valence electrons. The second-order valence-electron chi connectivity index (χ2n) is 3.67. The lowest BCUT2D eigenvalue weighted by atomic mass is 10.0. The lowest BCUT2D eigenvalue weighted by Crippen LogP contribution is -2.28. The van der Waals surface area contributed by atoms with Crippen LogP contribution in [0, 0.1) is 10.1 Å². The van der Waals surface area contributed by atoms with E-state index >= 15 is 0 Å². The van der Waals surface area contributed by atoms with E-state index in [1.165, 1.54) is 0 Å². The van der Waals surface area contributed by atoms with Gasteiger partial charge in [0.2, 0.25) is 0 Å². The first-order valence-corrected chi connectivity index (χ1v) is 5.50. The molecule has 4 nitrogen and oxygen atoms in total. The molecule has 18 heavy (non-hydrogen) atoms. The van der Waals surface area contributed by atoms with Gasteiger partial charge >= 0.3 is 5.92 Å². The summed E-state index contributed by atoms with van der Waals surface area (Å²) in [7, 11) is 0. The van der Waals surface area contributed by atoms with Crippen molar-refractivity contribution in [3.05, 3.63) is 33.1 Å². The minimum atomic E-state index is -3.90. The van der Waals surface area contributed by atoms with Gasteiger partial charge in [-0.2, -0.15) is 8.78 Å². The van der Waals surface area contributed by atoms with Crippen molar-refractivity contribution in [2.75, 3.05) is 0 Å². The molecule has 0 aliphatic heterocycles. The SMILES string of the molecule is CCCC(F)C(F)(F)c1cc([N+](=O)[O-])cnc1Cl. The molecular weight excluding hydrogens is 273 g/mol. The van der Waals surface area contributed by atoms with Crippen molar-refractivity contribution >= 4 is 17.3 Å². The number of aromatic nitrogens is 1. The Morgan fingerprint density at radius 3 is 2.72 bits per heavy atom. The van der Waals surface area contributed by atoms with Crippen LogP contribution in [0.3, 0.4) is 0 Å². The Morgan fingerprint density at radius 2 is 2.22 bits per heavy atom. The van der Waals surface area contributed by atoms with Crippen molar-refractivity contribution in [2.45, 2.75) is 31.9 Å². The third-order valence-electron chi connectivity index (χ3n) is 2.33. The molecule has 1 aromatic heterocycles. The van der Waals surface area contributed by atoms with Gasteiger partial charge in [-0.15, -0.1) is 0 Å².